The van der Waals surface area contributed by atoms with E-state index in [1.807, 2.05) is 0 Å². The van der Waals surface area contributed by atoms with Gasteiger partial charge in [0.05, 0.1) is 11.5 Å². The zero-order chi connectivity index (χ0) is 12.8. The van der Waals surface area contributed by atoms with E-state index in [4.69, 9.17) is 0 Å². The minimum absolute atomic E-state index is 0.0618. The van der Waals surface area contributed by atoms with Crippen molar-refractivity contribution in [2.45, 2.75) is 25.0 Å². The van der Waals surface area contributed by atoms with Crippen LogP contribution in [0, 0.1) is 0 Å². The molecule has 0 unspecified atom stereocenters. The monoisotopic (exact) mass is 269 g/mol. The highest BCUT2D eigenvalue weighted by Crippen LogP contribution is 2.23. The third-order valence-corrected chi connectivity index (χ3v) is 5.13. The van der Waals surface area contributed by atoms with Crippen molar-refractivity contribution >= 4 is 15.7 Å². The average Bonchev–Trinajstić information content (AvgIpc) is 2.95. The molecule has 2 aliphatic rings. The van der Waals surface area contributed by atoms with E-state index < -0.39 is 9.84 Å². The summed E-state index contributed by atoms with van der Waals surface area (Å²) in [6, 6.07) is 0. The molecule has 0 spiro atoms. The Balaban J connectivity index is 1.94. The number of nitrogens with one attached hydrogen (secondary N) is 1. The van der Waals surface area contributed by atoms with Crippen LogP contribution in [0.2, 0.25) is 0 Å². The Bertz CT molecular complexity index is 585. The molecule has 1 N–H and O–H groups in total. The topological polar surface area (TPSA) is 83.1 Å². The van der Waals surface area contributed by atoms with E-state index in [0.29, 0.717) is 17.7 Å². The van der Waals surface area contributed by atoms with Crippen molar-refractivity contribution in [3.63, 3.8) is 0 Å². The van der Waals surface area contributed by atoms with Gasteiger partial charge in [0.15, 0.2) is 15.5 Å². The third kappa shape index (κ3) is 1.92. The summed E-state index contributed by atoms with van der Waals surface area (Å²) in [5.74, 6) is -0.0603. The highest BCUT2D eigenvalue weighted by Gasteiger charge is 2.31. The molecular formula is C11H15N3O3S. The van der Waals surface area contributed by atoms with Gasteiger partial charge in [0, 0.05) is 30.8 Å². The number of nitrogens with zero attached hydrogens (tertiary/aromatic N) is 2. The Kier molecular flexibility index (Phi) is 2.65. The summed E-state index contributed by atoms with van der Waals surface area (Å²) in [5.41, 5.74) is 1.68. The second-order valence-electron chi connectivity index (χ2n) is 4.87. The lowest BCUT2D eigenvalue weighted by molar-refractivity contribution is 0.0786. The molecule has 0 atom stereocenters. The first kappa shape index (κ1) is 11.7. The molecule has 1 aromatic heterocycles. The van der Waals surface area contributed by atoms with E-state index in [1.54, 1.807) is 4.90 Å². The first-order chi connectivity index (χ1) is 8.57. The molecule has 0 radical (unpaired) electrons. The van der Waals surface area contributed by atoms with Gasteiger partial charge >= 0.3 is 0 Å². The third-order valence-electron chi connectivity index (χ3n) is 3.58. The van der Waals surface area contributed by atoms with Crippen molar-refractivity contribution in [3.8, 4) is 0 Å². The van der Waals surface area contributed by atoms with Crippen LogP contribution in [-0.2, 0) is 22.0 Å². The number of sulfone groups is 1. The average molecular weight is 269 g/mol. The number of fused-ring (bicyclic) bond motifs is 1. The lowest BCUT2D eigenvalue weighted by Gasteiger charge is -2.16. The number of H-pyrrole nitrogens is 1. The fraction of sp³-hybridized carbons (Fsp3) is 0.636. The van der Waals surface area contributed by atoms with Crippen molar-refractivity contribution in [1.82, 2.24) is 15.1 Å². The van der Waals surface area contributed by atoms with Crippen LogP contribution >= 0.6 is 0 Å². The SMILES string of the molecule is O=C(c1n[nH]c2c1CS(=O)(=O)CC2)N1CCCC1. The smallest absolute Gasteiger partial charge is 0.274 e. The number of hydrogen-bond acceptors (Lipinski definition) is 4. The maximum atomic E-state index is 12.2. The molecule has 1 fully saturated rings. The Morgan fingerprint density at radius 3 is 2.72 bits per heavy atom. The molecule has 0 bridgehead atoms. The van der Waals surface area contributed by atoms with Crippen LogP contribution in [0.4, 0.5) is 0 Å². The predicted molar refractivity (Wildman–Crippen MR) is 64.9 cm³/mol. The van der Waals surface area contributed by atoms with E-state index in [0.717, 1.165) is 31.6 Å². The molecule has 3 rings (SSSR count). The summed E-state index contributed by atoms with van der Waals surface area (Å²) in [5, 5.41) is 6.83. The highest BCUT2D eigenvalue weighted by molar-refractivity contribution is 7.90. The van der Waals surface area contributed by atoms with Gasteiger partial charge in [0.1, 0.15) is 0 Å². The molecule has 1 aromatic rings. The molecule has 2 aliphatic heterocycles. The Hall–Kier alpha value is -1.37. The standard InChI is InChI=1S/C11H15N3O3S/c15-11(14-4-1-2-5-14)10-8-7-18(16,17)6-3-9(8)12-13-10/h1-7H2,(H,12,13). The van der Waals surface area contributed by atoms with Crippen LogP contribution in [0.5, 0.6) is 0 Å². The molecular weight excluding hydrogens is 254 g/mol. The Morgan fingerprint density at radius 1 is 1.28 bits per heavy atom. The van der Waals surface area contributed by atoms with Crippen molar-refractivity contribution in [2.24, 2.45) is 0 Å². The van der Waals surface area contributed by atoms with Gasteiger partial charge in [-0.05, 0) is 12.8 Å². The normalized spacial score (nSPS) is 21.9. The molecule has 3 heterocycles. The van der Waals surface area contributed by atoms with Gasteiger partial charge in [-0.3, -0.25) is 9.89 Å². The molecule has 6 nitrogen and oxygen atoms in total. The van der Waals surface area contributed by atoms with Gasteiger partial charge in [-0.25, -0.2) is 8.42 Å². The Morgan fingerprint density at radius 2 is 2.00 bits per heavy atom. The summed E-state index contributed by atoms with van der Waals surface area (Å²) in [7, 11) is -3.08. The fourth-order valence-corrected chi connectivity index (χ4v) is 3.97. The van der Waals surface area contributed by atoms with Crippen LogP contribution in [0.1, 0.15) is 34.6 Å². The zero-order valence-electron chi connectivity index (χ0n) is 9.98. The van der Waals surface area contributed by atoms with E-state index in [2.05, 4.69) is 10.2 Å². The number of hydrogen-bond donors (Lipinski definition) is 1. The second kappa shape index (κ2) is 4.08. The minimum Gasteiger partial charge on any atom is -0.337 e. The van der Waals surface area contributed by atoms with Crippen LogP contribution in [-0.4, -0.2) is 48.3 Å². The molecule has 1 saturated heterocycles. The summed E-state index contributed by atoms with van der Waals surface area (Å²) in [4.78, 5) is 14.0. The number of aryl methyl sites for hydroxylation is 1. The van der Waals surface area contributed by atoms with Gasteiger partial charge < -0.3 is 4.90 Å². The summed E-state index contributed by atoms with van der Waals surface area (Å²) >= 11 is 0. The van der Waals surface area contributed by atoms with Gasteiger partial charge in [-0.1, -0.05) is 0 Å². The van der Waals surface area contributed by atoms with E-state index in [9.17, 15) is 13.2 Å². The number of rotatable bonds is 1. The molecule has 1 amide bonds. The predicted octanol–water partition coefficient (Wildman–Crippen LogP) is 0.117. The highest BCUT2D eigenvalue weighted by atomic mass is 32.2. The first-order valence-electron chi connectivity index (χ1n) is 6.13. The van der Waals surface area contributed by atoms with E-state index >= 15 is 0 Å². The van der Waals surface area contributed by atoms with Crippen molar-refractivity contribution in [2.75, 3.05) is 18.8 Å². The first-order valence-corrected chi connectivity index (χ1v) is 7.95. The lowest BCUT2D eigenvalue weighted by atomic mass is 10.1. The van der Waals surface area contributed by atoms with Gasteiger partial charge in [-0.2, -0.15) is 5.10 Å². The number of carbonyl (C=O) groups is 1. The van der Waals surface area contributed by atoms with Crippen molar-refractivity contribution < 1.29 is 13.2 Å². The maximum absolute atomic E-state index is 12.2. The quantitative estimate of drug-likeness (QED) is 0.784. The van der Waals surface area contributed by atoms with Crippen LogP contribution in [0.15, 0.2) is 0 Å². The minimum atomic E-state index is -3.08. The summed E-state index contributed by atoms with van der Waals surface area (Å²) < 4.78 is 23.3. The molecule has 0 saturated carbocycles. The van der Waals surface area contributed by atoms with Crippen LogP contribution in [0.25, 0.3) is 0 Å². The summed E-state index contributed by atoms with van der Waals surface area (Å²) in [6.45, 7) is 1.49. The van der Waals surface area contributed by atoms with E-state index in [-0.39, 0.29) is 17.4 Å². The van der Waals surface area contributed by atoms with Crippen LogP contribution < -0.4 is 0 Å². The number of amides is 1. The van der Waals surface area contributed by atoms with Gasteiger partial charge in [-0.15, -0.1) is 0 Å². The number of likely N-dealkylation sites (tertiary alicyclic amines) is 1. The Labute approximate surface area is 105 Å². The lowest BCUT2D eigenvalue weighted by Crippen LogP contribution is -2.29. The van der Waals surface area contributed by atoms with Crippen molar-refractivity contribution in [1.29, 1.82) is 0 Å². The zero-order valence-corrected chi connectivity index (χ0v) is 10.8. The van der Waals surface area contributed by atoms with Gasteiger partial charge in [0.25, 0.3) is 5.91 Å². The largest absolute Gasteiger partial charge is 0.337 e. The molecule has 18 heavy (non-hydrogen) atoms. The maximum Gasteiger partial charge on any atom is 0.274 e. The number of aromatic nitrogens is 2. The van der Waals surface area contributed by atoms with Crippen LogP contribution in [0.3, 0.4) is 0 Å². The van der Waals surface area contributed by atoms with E-state index in [1.165, 1.54) is 0 Å². The summed E-state index contributed by atoms with van der Waals surface area (Å²) in [6.07, 6.45) is 2.45. The molecule has 98 valence electrons. The molecule has 7 heteroatoms. The molecule has 0 aliphatic carbocycles. The van der Waals surface area contributed by atoms with Crippen molar-refractivity contribution in [3.05, 3.63) is 17.0 Å². The van der Waals surface area contributed by atoms with Gasteiger partial charge in [0.2, 0.25) is 0 Å². The number of aromatic amines is 1. The molecule has 0 aromatic carbocycles. The number of carbonyl (C=O) groups excluding carboxylic acids is 1. The fourth-order valence-electron chi connectivity index (χ4n) is 2.56. The second-order valence-corrected chi connectivity index (χ2v) is 7.05.